The summed E-state index contributed by atoms with van der Waals surface area (Å²) in [5.41, 5.74) is 0.697. The van der Waals surface area contributed by atoms with Gasteiger partial charge in [-0.05, 0) is 18.4 Å². The number of sulfonamides is 1. The van der Waals surface area contributed by atoms with Gasteiger partial charge in [0.15, 0.2) is 11.6 Å². The van der Waals surface area contributed by atoms with Gasteiger partial charge >= 0.3 is 0 Å². The molecule has 1 fully saturated rings. The highest BCUT2D eigenvalue weighted by Gasteiger charge is 2.41. The summed E-state index contributed by atoms with van der Waals surface area (Å²) < 4.78 is 41.6. The topological polar surface area (TPSA) is 97.2 Å². The van der Waals surface area contributed by atoms with Crippen LogP contribution in [0.1, 0.15) is 24.1 Å². The highest BCUT2D eigenvalue weighted by molar-refractivity contribution is 7.88. The van der Waals surface area contributed by atoms with E-state index in [1.807, 2.05) is 11.0 Å². The molecule has 4 rings (SSSR count). The first-order valence-corrected chi connectivity index (χ1v) is 10.6. The van der Waals surface area contributed by atoms with E-state index in [1.54, 1.807) is 10.6 Å². The average molecular weight is 393 g/mol. The van der Waals surface area contributed by atoms with Crippen LogP contribution in [-0.2, 0) is 10.0 Å². The summed E-state index contributed by atoms with van der Waals surface area (Å²) in [6.45, 7) is 1.15. The Kier molecular flexibility index (Phi) is 4.47. The normalized spacial score (nSPS) is 24.5. The van der Waals surface area contributed by atoms with Gasteiger partial charge in [-0.2, -0.15) is 0 Å². The van der Waals surface area contributed by atoms with Gasteiger partial charge in [0, 0.05) is 37.3 Å². The highest BCUT2D eigenvalue weighted by Crippen LogP contribution is 2.42. The molecule has 0 amide bonds. The van der Waals surface area contributed by atoms with Gasteiger partial charge in [-0.1, -0.05) is 6.07 Å². The number of aromatic nitrogens is 3. The van der Waals surface area contributed by atoms with Crippen LogP contribution < -0.4 is 15.2 Å². The van der Waals surface area contributed by atoms with E-state index < -0.39 is 15.8 Å². The van der Waals surface area contributed by atoms with Crippen LogP contribution in [0.4, 0.5) is 10.2 Å². The molecule has 1 saturated heterocycles. The van der Waals surface area contributed by atoms with Crippen molar-refractivity contribution in [3.05, 3.63) is 52.6 Å². The second-order valence-electron chi connectivity index (χ2n) is 7.14. The zero-order chi connectivity index (χ0) is 19.2. The quantitative estimate of drug-likeness (QED) is 0.812. The molecule has 0 saturated carbocycles. The first kappa shape index (κ1) is 18.1. The molecular formula is C17H20FN5O3S. The Hall–Kier alpha value is -2.33. The van der Waals surface area contributed by atoms with Gasteiger partial charge in [0.2, 0.25) is 10.0 Å². The van der Waals surface area contributed by atoms with Gasteiger partial charge in [0.25, 0.3) is 5.56 Å². The molecule has 2 aromatic rings. The van der Waals surface area contributed by atoms with Crippen LogP contribution in [0.15, 0.2) is 35.5 Å². The van der Waals surface area contributed by atoms with Crippen molar-refractivity contribution < 1.29 is 12.8 Å². The Labute approximate surface area is 156 Å². The Bertz CT molecular complexity index is 1030. The molecule has 4 heterocycles. The number of hydrogen-bond acceptors (Lipinski definition) is 6. The standard InChI is InChI=1S/C17H20FN5O3S/c1-27(25,26)21-7-15-12-5-11(14-3-2-4-16(24)23(14)15)8-22(9-12)17-13(18)6-19-10-20-17/h2-4,6,10-12,15,21H,5,7-9H2,1H3/t11-,12+,15+/m1/s1. The first-order valence-electron chi connectivity index (χ1n) is 8.70. The number of halogens is 1. The van der Waals surface area contributed by atoms with Gasteiger partial charge in [-0.15, -0.1) is 0 Å². The zero-order valence-electron chi connectivity index (χ0n) is 14.7. The number of anilines is 1. The lowest BCUT2D eigenvalue weighted by atomic mass is 9.78. The number of nitrogens with zero attached hydrogens (tertiary/aromatic N) is 4. The van der Waals surface area contributed by atoms with Crippen LogP contribution >= 0.6 is 0 Å². The van der Waals surface area contributed by atoms with Gasteiger partial charge < -0.3 is 9.47 Å². The summed E-state index contributed by atoms with van der Waals surface area (Å²) in [6, 6.07) is 4.74. The molecular weight excluding hydrogens is 373 g/mol. The molecule has 2 bridgehead atoms. The van der Waals surface area contributed by atoms with Crippen LogP contribution in [0.2, 0.25) is 0 Å². The maximum absolute atomic E-state index is 14.2. The monoisotopic (exact) mass is 393 g/mol. The van der Waals surface area contributed by atoms with E-state index in [-0.39, 0.29) is 35.8 Å². The van der Waals surface area contributed by atoms with E-state index in [1.165, 1.54) is 12.4 Å². The van der Waals surface area contributed by atoms with Crippen LogP contribution in [0.25, 0.3) is 0 Å². The first-order chi connectivity index (χ1) is 12.8. The summed E-state index contributed by atoms with van der Waals surface area (Å²) in [5, 5.41) is 0. The molecule has 2 aliphatic rings. The minimum absolute atomic E-state index is 0.0139. The molecule has 0 unspecified atom stereocenters. The lowest BCUT2D eigenvalue weighted by Crippen LogP contribution is -2.52. The van der Waals surface area contributed by atoms with Crippen molar-refractivity contribution in [2.24, 2.45) is 5.92 Å². The Balaban J connectivity index is 1.74. The molecule has 1 N–H and O–H groups in total. The summed E-state index contributed by atoms with van der Waals surface area (Å²) in [4.78, 5) is 22.2. The Morgan fingerprint density at radius 2 is 2.15 bits per heavy atom. The third kappa shape index (κ3) is 3.46. The molecule has 0 aliphatic carbocycles. The van der Waals surface area contributed by atoms with Crippen molar-refractivity contribution in [2.45, 2.75) is 18.4 Å². The largest absolute Gasteiger partial charge is 0.353 e. The Morgan fingerprint density at radius 1 is 1.33 bits per heavy atom. The number of hydrogen-bond donors (Lipinski definition) is 1. The summed E-state index contributed by atoms with van der Waals surface area (Å²) in [5.74, 6) is -0.226. The predicted molar refractivity (Wildman–Crippen MR) is 97.6 cm³/mol. The zero-order valence-corrected chi connectivity index (χ0v) is 15.6. The highest BCUT2D eigenvalue weighted by atomic mass is 32.2. The molecule has 0 aromatic carbocycles. The number of rotatable bonds is 4. The molecule has 2 aromatic heterocycles. The fourth-order valence-corrected chi connectivity index (χ4v) is 4.73. The maximum atomic E-state index is 14.2. The van der Waals surface area contributed by atoms with Gasteiger partial charge in [-0.3, -0.25) is 4.79 Å². The summed E-state index contributed by atoms with van der Waals surface area (Å²) in [7, 11) is -3.40. The maximum Gasteiger partial charge on any atom is 0.251 e. The number of fused-ring (bicyclic) bond motifs is 4. The lowest BCUT2D eigenvalue weighted by Gasteiger charge is -2.47. The van der Waals surface area contributed by atoms with E-state index in [0.717, 1.165) is 24.6 Å². The number of piperidine rings is 1. The molecule has 144 valence electrons. The van der Waals surface area contributed by atoms with Crippen LogP contribution in [0.5, 0.6) is 0 Å². The summed E-state index contributed by atoms with van der Waals surface area (Å²) in [6.07, 6.45) is 4.34. The van der Waals surface area contributed by atoms with Gasteiger partial charge in [0.1, 0.15) is 6.33 Å². The summed E-state index contributed by atoms with van der Waals surface area (Å²) >= 11 is 0. The van der Waals surface area contributed by atoms with E-state index in [2.05, 4.69) is 14.7 Å². The van der Waals surface area contributed by atoms with Crippen molar-refractivity contribution in [2.75, 3.05) is 30.8 Å². The van der Waals surface area contributed by atoms with Gasteiger partial charge in [0.05, 0.1) is 18.5 Å². The molecule has 8 nitrogen and oxygen atoms in total. The molecule has 27 heavy (non-hydrogen) atoms. The third-order valence-corrected chi connectivity index (χ3v) is 5.99. The molecule has 0 radical (unpaired) electrons. The van der Waals surface area contributed by atoms with Crippen molar-refractivity contribution in [1.82, 2.24) is 19.3 Å². The minimum Gasteiger partial charge on any atom is -0.353 e. The molecule has 3 atom stereocenters. The molecule has 0 spiro atoms. The van der Waals surface area contributed by atoms with Crippen molar-refractivity contribution in [3.63, 3.8) is 0 Å². The smallest absolute Gasteiger partial charge is 0.251 e. The van der Waals surface area contributed by atoms with Crippen molar-refractivity contribution in [3.8, 4) is 0 Å². The van der Waals surface area contributed by atoms with E-state index >= 15 is 0 Å². The van der Waals surface area contributed by atoms with E-state index in [9.17, 15) is 17.6 Å². The second-order valence-corrected chi connectivity index (χ2v) is 8.97. The molecule has 10 heteroatoms. The minimum atomic E-state index is -3.40. The van der Waals surface area contributed by atoms with E-state index in [4.69, 9.17) is 0 Å². The predicted octanol–water partition coefficient (Wildman–Crippen LogP) is 0.491. The van der Waals surface area contributed by atoms with Crippen LogP contribution in [-0.4, -0.2) is 48.8 Å². The number of pyridine rings is 1. The van der Waals surface area contributed by atoms with Gasteiger partial charge in [-0.25, -0.2) is 27.5 Å². The third-order valence-electron chi connectivity index (χ3n) is 5.30. The molecule has 2 aliphatic heterocycles. The average Bonchev–Trinajstić information content (AvgIpc) is 2.61. The van der Waals surface area contributed by atoms with Crippen LogP contribution in [0.3, 0.4) is 0 Å². The van der Waals surface area contributed by atoms with Crippen molar-refractivity contribution in [1.29, 1.82) is 0 Å². The fourth-order valence-electron chi connectivity index (χ4n) is 4.25. The van der Waals surface area contributed by atoms with Crippen LogP contribution in [0, 0.1) is 11.7 Å². The van der Waals surface area contributed by atoms with E-state index in [0.29, 0.717) is 13.1 Å². The second kappa shape index (κ2) is 6.68. The SMILES string of the molecule is CS(=O)(=O)NC[C@H]1[C@H]2C[C@H](CN(c3ncncc3F)C2)c2cccc(=O)n21. The van der Waals surface area contributed by atoms with Crippen molar-refractivity contribution >= 4 is 15.8 Å². The lowest BCUT2D eigenvalue weighted by molar-refractivity contribution is 0.212. The Morgan fingerprint density at radius 3 is 2.89 bits per heavy atom. The fraction of sp³-hybridized carbons (Fsp3) is 0.471. The number of nitrogens with one attached hydrogen (secondary N) is 1.